The molecular formula is C18H25BFN3O4. The first-order valence-corrected chi connectivity index (χ1v) is 8.70. The maximum atomic E-state index is 12.2. The Hall–Kier alpha value is -2.60. The largest absolute Gasteiger partial charge is 0.508 e. The van der Waals surface area contributed by atoms with Gasteiger partial charge in [0.1, 0.15) is 11.6 Å². The summed E-state index contributed by atoms with van der Waals surface area (Å²) in [6, 6.07) is 5.01. The number of aromatic hydroxyl groups is 1. The first-order chi connectivity index (χ1) is 12.9. The maximum absolute atomic E-state index is 12.2. The standard InChI is InChI=1S/C10H14BN3O3.C6H5FO.C2H6/c1-10-5-16-4-3-7(10)8(15)14(2)9(13-10)11-17-6-12;7-5-1-3-6(8)4-2-5;1-2/h7,13H,3-5H2,1-2H3;1-4,8H;1-2H3. The first kappa shape index (κ1) is 22.4. The maximum Gasteiger partial charge on any atom is 0.123 e. The number of nitriles is 1. The molecule has 3 rings (SSSR count). The van der Waals surface area contributed by atoms with Gasteiger partial charge in [0.15, 0.2) is 0 Å². The van der Waals surface area contributed by atoms with Crippen molar-refractivity contribution in [1.82, 2.24) is 10.2 Å². The number of fused-ring (bicyclic) bond motifs is 1. The summed E-state index contributed by atoms with van der Waals surface area (Å²) >= 11 is 0. The second-order valence-electron chi connectivity index (χ2n) is 6.02. The molecule has 146 valence electrons. The Morgan fingerprint density at radius 1 is 1.44 bits per heavy atom. The zero-order chi connectivity index (χ0) is 20.4. The van der Waals surface area contributed by atoms with Crippen molar-refractivity contribution < 1.29 is 23.7 Å². The van der Waals surface area contributed by atoms with E-state index in [0.717, 1.165) is 0 Å². The third kappa shape index (κ3) is 5.96. The molecule has 0 aromatic heterocycles. The molecule has 2 saturated heterocycles. The van der Waals surface area contributed by atoms with Gasteiger partial charge in [-0.25, -0.2) is 4.39 Å². The molecule has 1 aromatic rings. The van der Waals surface area contributed by atoms with Crippen LogP contribution in [0.1, 0.15) is 27.2 Å². The minimum Gasteiger partial charge on any atom is -0.508 e. The molecule has 2 aliphatic rings. The summed E-state index contributed by atoms with van der Waals surface area (Å²) in [6.07, 6.45) is 2.26. The summed E-state index contributed by atoms with van der Waals surface area (Å²) in [5, 5.41) is 20.2. The minimum absolute atomic E-state index is 0.0299. The van der Waals surface area contributed by atoms with E-state index in [1.165, 1.54) is 36.3 Å². The summed E-state index contributed by atoms with van der Waals surface area (Å²) in [6.45, 7) is 7.03. The molecule has 2 fully saturated rings. The molecule has 2 heterocycles. The Bertz CT molecular complexity index is 672. The van der Waals surface area contributed by atoms with Gasteiger partial charge in [-0.3, -0.25) is 0 Å². The third-order valence-electron chi connectivity index (χ3n) is 4.18. The van der Waals surface area contributed by atoms with Gasteiger partial charge in [0.2, 0.25) is 0 Å². The van der Waals surface area contributed by atoms with E-state index in [4.69, 9.17) is 15.1 Å². The van der Waals surface area contributed by atoms with Crippen molar-refractivity contribution in [2.45, 2.75) is 32.7 Å². The molecule has 9 heteroatoms. The van der Waals surface area contributed by atoms with E-state index >= 15 is 0 Å². The van der Waals surface area contributed by atoms with Crippen LogP contribution in [0.5, 0.6) is 5.75 Å². The zero-order valence-corrected chi connectivity index (χ0v) is 16.0. The predicted molar refractivity (Wildman–Crippen MR) is 100 cm³/mol. The van der Waals surface area contributed by atoms with Crippen LogP contribution in [0.2, 0.25) is 0 Å². The third-order valence-corrected chi connectivity index (χ3v) is 4.18. The van der Waals surface area contributed by atoms with Gasteiger partial charge in [0.25, 0.3) is 0 Å². The van der Waals surface area contributed by atoms with Crippen molar-refractivity contribution in [3.63, 3.8) is 0 Å². The number of phenolic OH excluding ortho intramolecular Hbond substituents is 1. The monoisotopic (exact) mass is 377 g/mol. The molecule has 1 aromatic carbocycles. The molecule has 2 aliphatic heterocycles. The molecule has 0 spiro atoms. The van der Waals surface area contributed by atoms with Crippen molar-refractivity contribution in [3.05, 3.63) is 30.1 Å². The number of nitrogens with zero attached hydrogens (tertiary/aromatic N) is 2. The quantitative estimate of drug-likeness (QED) is 0.570. The fraction of sp³-hybridized carbons (Fsp3) is 0.500. The molecule has 2 N–H and O–H groups in total. The Kier molecular flexibility index (Phi) is 8.75. The van der Waals surface area contributed by atoms with E-state index < -0.39 is 5.54 Å². The van der Waals surface area contributed by atoms with Gasteiger partial charge in [-0.1, -0.05) is 13.8 Å². The molecule has 0 radical (unpaired) electrons. The minimum atomic E-state index is -0.424. The number of benzene rings is 1. The van der Waals surface area contributed by atoms with Crippen LogP contribution >= 0.6 is 0 Å². The number of hydrogen-bond donors (Lipinski definition) is 2. The molecule has 0 aliphatic carbocycles. The van der Waals surface area contributed by atoms with Crippen LogP contribution in [0.25, 0.3) is 0 Å². The number of halogens is 1. The number of carbonyl (C=O) groups excluding carboxylic acids is 1. The smallest absolute Gasteiger partial charge is 0.123 e. The summed E-state index contributed by atoms with van der Waals surface area (Å²) in [5.74, 6) is -0.308. The first-order valence-electron chi connectivity index (χ1n) is 8.70. The van der Waals surface area contributed by atoms with Gasteiger partial charge in [-0.05, 0) is 24.3 Å². The van der Waals surface area contributed by atoms with E-state index in [1.807, 2.05) is 20.8 Å². The molecule has 2 unspecified atom stereocenters. The number of rotatable bonds is 1. The second-order valence-corrected chi connectivity index (χ2v) is 6.02. The number of ether oxygens (including phenoxy) is 1. The average Bonchev–Trinajstić information content (AvgIpc) is 2.68. The number of carbonyl (C=O) groups is 1. The Morgan fingerprint density at radius 2 is 2.07 bits per heavy atom. The van der Waals surface area contributed by atoms with Crippen molar-refractivity contribution in [2.75, 3.05) is 20.3 Å². The van der Waals surface area contributed by atoms with Crippen molar-refractivity contribution in [3.8, 4) is 12.0 Å². The van der Waals surface area contributed by atoms with Gasteiger partial charge in [0, 0.05) is 0 Å². The van der Waals surface area contributed by atoms with E-state index in [-0.39, 0.29) is 23.4 Å². The van der Waals surface area contributed by atoms with Crippen LogP contribution in [0.3, 0.4) is 0 Å². The summed E-state index contributed by atoms with van der Waals surface area (Å²) in [7, 11) is 2.91. The molecule has 0 saturated carbocycles. The van der Waals surface area contributed by atoms with Crippen LogP contribution < -0.4 is 5.32 Å². The molecule has 0 bridgehead atoms. The number of amides is 1. The fourth-order valence-electron chi connectivity index (χ4n) is 2.78. The fourth-order valence-corrected chi connectivity index (χ4v) is 2.78. The zero-order valence-electron chi connectivity index (χ0n) is 16.0. The molecule has 1 amide bonds. The van der Waals surface area contributed by atoms with Gasteiger partial charge in [0.05, 0.1) is 0 Å². The Balaban J connectivity index is 0.000000305. The van der Waals surface area contributed by atoms with E-state index in [2.05, 4.69) is 9.97 Å². The normalized spacial score (nSPS) is 24.6. The van der Waals surface area contributed by atoms with Crippen LogP contribution in [0.15, 0.2) is 24.3 Å². The van der Waals surface area contributed by atoms with E-state index in [9.17, 15) is 9.18 Å². The number of phenols is 1. The van der Waals surface area contributed by atoms with E-state index in [0.29, 0.717) is 25.3 Å². The van der Waals surface area contributed by atoms with Crippen LogP contribution in [-0.2, 0) is 14.2 Å². The Morgan fingerprint density at radius 3 is 2.63 bits per heavy atom. The number of hydrogen-bond acceptors (Lipinski definition) is 6. The van der Waals surface area contributed by atoms with Crippen LogP contribution in [0.4, 0.5) is 4.39 Å². The molecule has 27 heavy (non-hydrogen) atoms. The Labute approximate surface area is 159 Å². The van der Waals surface area contributed by atoms with Gasteiger partial charge in [-0.2, -0.15) is 0 Å². The summed E-state index contributed by atoms with van der Waals surface area (Å²) in [5.41, 5.74) is 0.0627. The second kappa shape index (κ2) is 10.5. The molecular weight excluding hydrogens is 352 g/mol. The summed E-state index contributed by atoms with van der Waals surface area (Å²) in [4.78, 5) is 13.7. The van der Waals surface area contributed by atoms with Gasteiger partial charge < -0.3 is 5.11 Å². The van der Waals surface area contributed by atoms with Crippen molar-refractivity contribution in [1.29, 1.82) is 5.26 Å². The van der Waals surface area contributed by atoms with E-state index in [1.54, 1.807) is 13.3 Å². The SMILES string of the molecule is CC.CN1C(=O)C2CCOCC2(C)NC1=BOC#N.Oc1ccc(F)cc1. The van der Waals surface area contributed by atoms with Gasteiger partial charge in [-0.15, -0.1) is 0 Å². The van der Waals surface area contributed by atoms with Crippen LogP contribution in [0, 0.1) is 23.3 Å². The van der Waals surface area contributed by atoms with Crippen molar-refractivity contribution >= 4 is 18.7 Å². The van der Waals surface area contributed by atoms with Crippen LogP contribution in [-0.4, -0.2) is 54.5 Å². The van der Waals surface area contributed by atoms with Crippen molar-refractivity contribution in [2.24, 2.45) is 5.92 Å². The molecule has 7 nitrogen and oxygen atoms in total. The topological polar surface area (TPSA) is 94.8 Å². The average molecular weight is 377 g/mol. The molecule has 2 atom stereocenters. The number of nitrogens with one attached hydrogen (secondary N) is 1. The predicted octanol–water partition coefficient (Wildman–Crippen LogP) is 1.60. The van der Waals surface area contributed by atoms with Gasteiger partial charge >= 0.3 is 99.7 Å². The summed E-state index contributed by atoms with van der Waals surface area (Å²) < 4.78 is 22.0.